The SMILES string of the molecule is Cc1nc(COc2cccc(C(=O)N3CCC[C@@H]3CO)c2)cs1. The van der Waals surface area contributed by atoms with Crippen molar-refractivity contribution in [1.29, 1.82) is 0 Å². The van der Waals surface area contributed by atoms with Gasteiger partial charge in [-0.15, -0.1) is 11.3 Å². The van der Waals surface area contributed by atoms with Crippen LogP contribution in [-0.2, 0) is 6.61 Å². The van der Waals surface area contributed by atoms with Crippen molar-refractivity contribution in [2.24, 2.45) is 0 Å². The summed E-state index contributed by atoms with van der Waals surface area (Å²) in [5.74, 6) is 0.609. The van der Waals surface area contributed by atoms with Gasteiger partial charge in [-0.2, -0.15) is 0 Å². The number of ether oxygens (including phenoxy) is 1. The Bertz CT molecular complexity index is 686. The molecule has 0 radical (unpaired) electrons. The molecule has 1 N–H and O–H groups in total. The summed E-state index contributed by atoms with van der Waals surface area (Å²) in [6, 6.07) is 7.14. The zero-order valence-electron chi connectivity index (χ0n) is 13.1. The van der Waals surface area contributed by atoms with E-state index in [1.165, 1.54) is 0 Å². The van der Waals surface area contributed by atoms with E-state index in [2.05, 4.69) is 4.98 Å². The van der Waals surface area contributed by atoms with E-state index in [1.54, 1.807) is 28.4 Å². The second kappa shape index (κ2) is 7.10. The first-order chi connectivity index (χ1) is 11.2. The van der Waals surface area contributed by atoms with Crippen LogP contribution in [0.15, 0.2) is 29.6 Å². The number of aromatic nitrogens is 1. The molecule has 1 aliphatic rings. The van der Waals surface area contributed by atoms with E-state index < -0.39 is 0 Å². The van der Waals surface area contributed by atoms with Crippen LogP contribution in [0.3, 0.4) is 0 Å². The third kappa shape index (κ3) is 3.71. The lowest BCUT2D eigenvalue weighted by Crippen LogP contribution is -2.37. The molecule has 2 aromatic rings. The average Bonchev–Trinajstić information content (AvgIpc) is 3.21. The normalized spacial score (nSPS) is 17.5. The van der Waals surface area contributed by atoms with Crippen LogP contribution in [0.2, 0.25) is 0 Å². The number of aryl methyl sites for hydroxylation is 1. The predicted molar refractivity (Wildman–Crippen MR) is 88.8 cm³/mol. The Morgan fingerprint density at radius 1 is 1.52 bits per heavy atom. The second-order valence-corrected chi connectivity index (χ2v) is 6.71. The highest BCUT2D eigenvalue weighted by Gasteiger charge is 2.28. The monoisotopic (exact) mass is 332 g/mol. The van der Waals surface area contributed by atoms with E-state index in [0.29, 0.717) is 24.5 Å². The number of rotatable bonds is 5. The number of thiazole rings is 1. The minimum Gasteiger partial charge on any atom is -0.487 e. The van der Waals surface area contributed by atoms with E-state index in [4.69, 9.17) is 4.74 Å². The summed E-state index contributed by atoms with van der Waals surface area (Å²) in [5.41, 5.74) is 1.49. The molecule has 23 heavy (non-hydrogen) atoms. The summed E-state index contributed by atoms with van der Waals surface area (Å²) < 4.78 is 5.74. The van der Waals surface area contributed by atoms with Crippen LogP contribution in [0.25, 0.3) is 0 Å². The summed E-state index contributed by atoms with van der Waals surface area (Å²) in [5, 5.41) is 12.4. The minimum absolute atomic E-state index is 0.0190. The maximum atomic E-state index is 12.6. The largest absolute Gasteiger partial charge is 0.487 e. The fourth-order valence-electron chi connectivity index (χ4n) is 2.81. The fourth-order valence-corrected chi connectivity index (χ4v) is 3.41. The Kier molecular flexibility index (Phi) is 4.93. The van der Waals surface area contributed by atoms with Crippen LogP contribution in [-0.4, -0.2) is 40.1 Å². The third-order valence-corrected chi connectivity index (χ3v) is 4.81. The standard InChI is InChI=1S/C17H20N2O3S/c1-12-18-14(11-23-12)10-22-16-6-2-4-13(8-16)17(21)19-7-3-5-15(19)9-20/h2,4,6,8,11,15,20H,3,5,7,9-10H2,1H3/t15-/m1/s1. The summed E-state index contributed by atoms with van der Waals surface area (Å²) >= 11 is 1.59. The first-order valence-corrected chi connectivity index (χ1v) is 8.61. The van der Waals surface area contributed by atoms with Crippen molar-refractivity contribution in [3.63, 3.8) is 0 Å². The zero-order chi connectivity index (χ0) is 16.2. The topological polar surface area (TPSA) is 62.7 Å². The van der Waals surface area contributed by atoms with Gasteiger partial charge in [-0.05, 0) is 38.0 Å². The van der Waals surface area contributed by atoms with Crippen molar-refractivity contribution in [1.82, 2.24) is 9.88 Å². The van der Waals surface area contributed by atoms with E-state index >= 15 is 0 Å². The van der Waals surface area contributed by atoms with Crippen molar-refractivity contribution in [2.45, 2.75) is 32.4 Å². The number of amides is 1. The quantitative estimate of drug-likeness (QED) is 0.914. The van der Waals surface area contributed by atoms with Gasteiger partial charge in [0.1, 0.15) is 12.4 Å². The summed E-state index contributed by atoms with van der Waals surface area (Å²) in [4.78, 5) is 18.7. The molecule has 0 bridgehead atoms. The average molecular weight is 332 g/mol. The zero-order valence-corrected chi connectivity index (χ0v) is 13.9. The second-order valence-electron chi connectivity index (χ2n) is 5.65. The number of carbonyl (C=O) groups is 1. The van der Waals surface area contributed by atoms with Gasteiger partial charge < -0.3 is 14.7 Å². The van der Waals surface area contributed by atoms with Gasteiger partial charge in [0.05, 0.1) is 23.4 Å². The molecule has 1 saturated heterocycles. The Balaban J connectivity index is 1.68. The highest BCUT2D eigenvalue weighted by molar-refractivity contribution is 7.09. The Morgan fingerprint density at radius 3 is 3.13 bits per heavy atom. The van der Waals surface area contributed by atoms with Gasteiger partial charge in [-0.25, -0.2) is 4.98 Å². The van der Waals surface area contributed by atoms with Gasteiger partial charge in [0.2, 0.25) is 0 Å². The van der Waals surface area contributed by atoms with Gasteiger partial charge in [0.15, 0.2) is 0 Å². The third-order valence-electron chi connectivity index (χ3n) is 3.98. The molecule has 1 aromatic heterocycles. The molecule has 0 aliphatic carbocycles. The number of hydrogen-bond acceptors (Lipinski definition) is 5. The van der Waals surface area contributed by atoms with Crippen LogP contribution < -0.4 is 4.74 Å². The van der Waals surface area contributed by atoms with Crippen LogP contribution in [0.4, 0.5) is 0 Å². The highest BCUT2D eigenvalue weighted by atomic mass is 32.1. The molecule has 1 aromatic carbocycles. The van der Waals surface area contributed by atoms with Crippen LogP contribution in [0.5, 0.6) is 5.75 Å². The van der Waals surface area contributed by atoms with Crippen molar-refractivity contribution in [3.8, 4) is 5.75 Å². The maximum Gasteiger partial charge on any atom is 0.254 e. The summed E-state index contributed by atoms with van der Waals surface area (Å²) in [6.07, 6.45) is 1.80. The van der Waals surface area contributed by atoms with E-state index in [0.717, 1.165) is 23.5 Å². The maximum absolute atomic E-state index is 12.6. The lowest BCUT2D eigenvalue weighted by atomic mass is 10.1. The molecular formula is C17H20N2O3S. The lowest BCUT2D eigenvalue weighted by Gasteiger charge is -2.23. The molecule has 3 rings (SSSR count). The molecule has 0 spiro atoms. The number of aliphatic hydroxyl groups is 1. The Hall–Kier alpha value is -1.92. The highest BCUT2D eigenvalue weighted by Crippen LogP contribution is 2.22. The number of likely N-dealkylation sites (tertiary alicyclic amines) is 1. The van der Waals surface area contributed by atoms with Gasteiger partial charge in [0, 0.05) is 17.5 Å². The van der Waals surface area contributed by atoms with Gasteiger partial charge in [0.25, 0.3) is 5.91 Å². The van der Waals surface area contributed by atoms with Crippen molar-refractivity contribution in [2.75, 3.05) is 13.2 Å². The van der Waals surface area contributed by atoms with Crippen molar-refractivity contribution >= 4 is 17.2 Å². The van der Waals surface area contributed by atoms with Crippen LogP contribution >= 0.6 is 11.3 Å². The number of aliphatic hydroxyl groups excluding tert-OH is 1. The first kappa shape index (κ1) is 16.0. The molecule has 1 aliphatic heterocycles. The summed E-state index contributed by atoms with van der Waals surface area (Å²) in [7, 11) is 0. The van der Waals surface area contributed by atoms with Gasteiger partial charge >= 0.3 is 0 Å². The van der Waals surface area contributed by atoms with Gasteiger partial charge in [-0.3, -0.25) is 4.79 Å². The molecule has 122 valence electrons. The molecule has 2 heterocycles. The van der Waals surface area contributed by atoms with E-state index in [-0.39, 0.29) is 18.6 Å². The minimum atomic E-state index is -0.0648. The molecule has 0 unspecified atom stereocenters. The number of hydrogen-bond donors (Lipinski definition) is 1. The Morgan fingerprint density at radius 2 is 2.39 bits per heavy atom. The smallest absolute Gasteiger partial charge is 0.254 e. The van der Waals surface area contributed by atoms with Crippen molar-refractivity contribution in [3.05, 3.63) is 45.9 Å². The molecule has 0 saturated carbocycles. The van der Waals surface area contributed by atoms with Crippen molar-refractivity contribution < 1.29 is 14.6 Å². The molecule has 1 atom stereocenters. The molecule has 1 amide bonds. The first-order valence-electron chi connectivity index (χ1n) is 7.73. The van der Waals surface area contributed by atoms with Crippen LogP contribution in [0, 0.1) is 6.92 Å². The molecule has 6 heteroatoms. The molecule has 1 fully saturated rings. The Labute approximate surface area is 139 Å². The summed E-state index contributed by atoms with van der Waals surface area (Å²) in [6.45, 7) is 3.07. The fraction of sp³-hybridized carbons (Fsp3) is 0.412. The van der Waals surface area contributed by atoms with E-state index in [9.17, 15) is 9.90 Å². The van der Waals surface area contributed by atoms with Crippen LogP contribution in [0.1, 0.15) is 33.9 Å². The number of benzene rings is 1. The molecular weight excluding hydrogens is 312 g/mol. The molecule has 5 nitrogen and oxygen atoms in total. The number of carbonyl (C=O) groups excluding carboxylic acids is 1. The van der Waals surface area contributed by atoms with E-state index in [1.807, 2.05) is 24.4 Å². The number of nitrogens with zero attached hydrogens (tertiary/aromatic N) is 2. The lowest BCUT2D eigenvalue weighted by molar-refractivity contribution is 0.0677. The predicted octanol–water partition coefficient (Wildman–Crippen LogP) is 2.63. The van der Waals surface area contributed by atoms with Gasteiger partial charge in [-0.1, -0.05) is 6.07 Å².